The Labute approximate surface area is 136 Å². The average Bonchev–Trinajstić information content (AvgIpc) is 2.55. The van der Waals surface area contributed by atoms with Crippen molar-refractivity contribution in [1.82, 2.24) is 4.31 Å². The van der Waals surface area contributed by atoms with E-state index in [0.29, 0.717) is 31.3 Å². The molecular weight excluding hydrogens is 314 g/mol. The maximum Gasteiger partial charge on any atom is 0.218 e. The van der Waals surface area contributed by atoms with Gasteiger partial charge in [-0.2, -0.15) is 0 Å². The molecule has 23 heavy (non-hydrogen) atoms. The monoisotopic (exact) mass is 333 g/mol. The fraction of sp³-hybridized carbons (Fsp3) is 0.294. The molecule has 3 rings (SSSR count). The van der Waals surface area contributed by atoms with E-state index in [0.717, 1.165) is 11.1 Å². The van der Waals surface area contributed by atoms with Gasteiger partial charge in [0.2, 0.25) is 10.0 Å². The molecular formula is C17H19NO4S. The molecule has 0 aliphatic carbocycles. The van der Waals surface area contributed by atoms with Crippen molar-refractivity contribution in [3.63, 3.8) is 0 Å². The van der Waals surface area contributed by atoms with Crippen LogP contribution in [0.15, 0.2) is 48.5 Å². The van der Waals surface area contributed by atoms with Crippen molar-refractivity contribution < 1.29 is 17.9 Å². The van der Waals surface area contributed by atoms with E-state index in [4.69, 9.17) is 9.47 Å². The second-order valence-corrected chi connectivity index (χ2v) is 7.55. The summed E-state index contributed by atoms with van der Waals surface area (Å²) in [6, 6.07) is 14.7. The Balaban J connectivity index is 1.72. The van der Waals surface area contributed by atoms with Crippen LogP contribution in [0.25, 0.3) is 0 Å². The Morgan fingerprint density at radius 1 is 0.957 bits per heavy atom. The third-order valence-electron chi connectivity index (χ3n) is 3.68. The van der Waals surface area contributed by atoms with Crippen LogP contribution in [-0.2, 0) is 22.3 Å². The summed E-state index contributed by atoms with van der Waals surface area (Å²) in [6.45, 7) is 1.35. The number of nitrogens with zero attached hydrogens (tertiary/aromatic N) is 1. The number of rotatable bonds is 5. The van der Waals surface area contributed by atoms with Gasteiger partial charge in [0.05, 0.1) is 5.75 Å². The quantitative estimate of drug-likeness (QED) is 0.843. The van der Waals surface area contributed by atoms with Gasteiger partial charge in [-0.1, -0.05) is 36.4 Å². The SMILES string of the molecule is CN(Cc1ccc2c(c1)OCCO2)S(=O)(=O)Cc1ccccc1. The molecule has 2 aromatic carbocycles. The molecule has 122 valence electrons. The van der Waals surface area contributed by atoms with Crippen molar-refractivity contribution in [2.45, 2.75) is 12.3 Å². The zero-order valence-corrected chi connectivity index (χ0v) is 13.8. The third kappa shape index (κ3) is 3.83. The van der Waals surface area contributed by atoms with Gasteiger partial charge in [-0.05, 0) is 23.3 Å². The zero-order chi connectivity index (χ0) is 16.3. The first kappa shape index (κ1) is 15.8. The third-order valence-corrected chi connectivity index (χ3v) is 5.46. The molecule has 0 aromatic heterocycles. The number of hydrogen-bond donors (Lipinski definition) is 0. The van der Waals surface area contributed by atoms with E-state index in [1.54, 1.807) is 7.05 Å². The first-order chi connectivity index (χ1) is 11.0. The maximum atomic E-state index is 12.5. The van der Waals surface area contributed by atoms with Crippen molar-refractivity contribution in [2.75, 3.05) is 20.3 Å². The predicted molar refractivity (Wildman–Crippen MR) is 88.0 cm³/mol. The number of benzene rings is 2. The Kier molecular flexibility index (Phi) is 4.54. The Hall–Kier alpha value is -2.05. The lowest BCUT2D eigenvalue weighted by molar-refractivity contribution is 0.171. The minimum Gasteiger partial charge on any atom is -0.486 e. The van der Waals surface area contributed by atoms with Gasteiger partial charge in [-0.3, -0.25) is 0 Å². The van der Waals surface area contributed by atoms with Crippen LogP contribution in [0.1, 0.15) is 11.1 Å². The molecule has 0 radical (unpaired) electrons. The molecule has 0 unspecified atom stereocenters. The van der Waals surface area contributed by atoms with Gasteiger partial charge in [0.1, 0.15) is 13.2 Å². The highest BCUT2D eigenvalue weighted by Gasteiger charge is 2.20. The zero-order valence-electron chi connectivity index (χ0n) is 12.9. The van der Waals surface area contributed by atoms with Crippen molar-refractivity contribution in [3.05, 3.63) is 59.7 Å². The average molecular weight is 333 g/mol. The van der Waals surface area contributed by atoms with E-state index in [2.05, 4.69) is 0 Å². The largest absolute Gasteiger partial charge is 0.486 e. The van der Waals surface area contributed by atoms with E-state index in [-0.39, 0.29) is 5.75 Å². The minimum atomic E-state index is -3.37. The first-order valence-corrected chi connectivity index (χ1v) is 9.02. The highest BCUT2D eigenvalue weighted by Crippen LogP contribution is 2.31. The van der Waals surface area contributed by atoms with Crippen molar-refractivity contribution in [3.8, 4) is 11.5 Å². The van der Waals surface area contributed by atoms with Crippen LogP contribution in [0, 0.1) is 0 Å². The highest BCUT2D eigenvalue weighted by atomic mass is 32.2. The molecule has 0 amide bonds. The van der Waals surface area contributed by atoms with Crippen LogP contribution in [0.5, 0.6) is 11.5 Å². The maximum absolute atomic E-state index is 12.5. The Morgan fingerprint density at radius 3 is 2.39 bits per heavy atom. The summed E-state index contributed by atoms with van der Waals surface area (Å²) < 4.78 is 37.3. The lowest BCUT2D eigenvalue weighted by Gasteiger charge is -2.21. The van der Waals surface area contributed by atoms with Crippen LogP contribution in [-0.4, -0.2) is 33.0 Å². The molecule has 0 saturated heterocycles. The number of fused-ring (bicyclic) bond motifs is 1. The van der Waals surface area contributed by atoms with Gasteiger partial charge >= 0.3 is 0 Å². The van der Waals surface area contributed by atoms with Crippen molar-refractivity contribution >= 4 is 10.0 Å². The fourth-order valence-corrected chi connectivity index (χ4v) is 3.62. The first-order valence-electron chi connectivity index (χ1n) is 7.41. The number of ether oxygens (including phenoxy) is 2. The normalized spacial score (nSPS) is 14.0. The predicted octanol–water partition coefficient (Wildman–Crippen LogP) is 2.42. The molecule has 2 aromatic rings. The topological polar surface area (TPSA) is 55.8 Å². The summed E-state index contributed by atoms with van der Waals surface area (Å²) in [7, 11) is -1.78. The minimum absolute atomic E-state index is 0.00507. The molecule has 5 nitrogen and oxygen atoms in total. The van der Waals surface area contributed by atoms with Gasteiger partial charge in [0, 0.05) is 13.6 Å². The summed E-state index contributed by atoms with van der Waals surface area (Å²) in [6.07, 6.45) is 0. The van der Waals surface area contributed by atoms with E-state index >= 15 is 0 Å². The van der Waals surface area contributed by atoms with Crippen LogP contribution in [0.4, 0.5) is 0 Å². The number of sulfonamides is 1. The van der Waals surface area contributed by atoms with Gasteiger partial charge in [-0.15, -0.1) is 0 Å². The molecule has 1 heterocycles. The molecule has 0 N–H and O–H groups in total. The van der Waals surface area contributed by atoms with Crippen LogP contribution >= 0.6 is 0 Å². The van der Waals surface area contributed by atoms with E-state index in [1.165, 1.54) is 4.31 Å². The van der Waals surface area contributed by atoms with E-state index in [9.17, 15) is 8.42 Å². The Bertz CT molecular complexity index is 774. The molecule has 0 atom stereocenters. The standard InChI is InChI=1S/C17H19NO4S/c1-18(23(19,20)13-14-5-3-2-4-6-14)12-15-7-8-16-17(11-15)22-10-9-21-16/h2-8,11H,9-10,12-13H2,1H3. The molecule has 1 aliphatic heterocycles. The number of hydrogen-bond acceptors (Lipinski definition) is 4. The van der Waals surface area contributed by atoms with Crippen LogP contribution in [0.2, 0.25) is 0 Å². The fourth-order valence-electron chi connectivity index (χ4n) is 2.44. The second-order valence-electron chi connectivity index (χ2n) is 5.48. The molecule has 0 spiro atoms. The van der Waals surface area contributed by atoms with E-state index in [1.807, 2.05) is 48.5 Å². The molecule has 6 heteroatoms. The van der Waals surface area contributed by atoms with E-state index < -0.39 is 10.0 Å². The van der Waals surface area contributed by atoms with Gasteiger partial charge < -0.3 is 9.47 Å². The summed E-state index contributed by atoms with van der Waals surface area (Å²) in [5.41, 5.74) is 1.65. The van der Waals surface area contributed by atoms with Crippen LogP contribution in [0.3, 0.4) is 0 Å². The molecule has 1 aliphatic rings. The van der Waals surface area contributed by atoms with Gasteiger partial charge in [-0.25, -0.2) is 12.7 Å². The summed E-state index contributed by atoms with van der Waals surface area (Å²) >= 11 is 0. The second kappa shape index (κ2) is 6.60. The Morgan fingerprint density at radius 2 is 1.65 bits per heavy atom. The summed E-state index contributed by atoms with van der Waals surface area (Å²) in [5, 5.41) is 0. The lowest BCUT2D eigenvalue weighted by Crippen LogP contribution is -2.27. The summed E-state index contributed by atoms with van der Waals surface area (Å²) in [5.74, 6) is 1.37. The molecule has 0 bridgehead atoms. The summed E-state index contributed by atoms with van der Waals surface area (Å²) in [4.78, 5) is 0. The molecule has 0 saturated carbocycles. The van der Waals surface area contributed by atoms with Gasteiger partial charge in [0.25, 0.3) is 0 Å². The highest BCUT2D eigenvalue weighted by molar-refractivity contribution is 7.88. The molecule has 0 fully saturated rings. The van der Waals surface area contributed by atoms with Gasteiger partial charge in [0.15, 0.2) is 11.5 Å². The van der Waals surface area contributed by atoms with Crippen molar-refractivity contribution in [2.24, 2.45) is 0 Å². The van der Waals surface area contributed by atoms with Crippen LogP contribution < -0.4 is 9.47 Å². The van der Waals surface area contributed by atoms with Crippen molar-refractivity contribution in [1.29, 1.82) is 0 Å². The smallest absolute Gasteiger partial charge is 0.218 e. The lowest BCUT2D eigenvalue weighted by atomic mass is 10.2.